The first kappa shape index (κ1) is 21.1. The Labute approximate surface area is 187 Å². The highest BCUT2D eigenvalue weighted by Gasteiger charge is 2.20. The van der Waals surface area contributed by atoms with E-state index in [1.54, 1.807) is 30.6 Å². The van der Waals surface area contributed by atoms with Gasteiger partial charge in [-0.1, -0.05) is 42.1 Å². The van der Waals surface area contributed by atoms with Gasteiger partial charge in [0.05, 0.1) is 23.4 Å². The number of thiophene rings is 1. The summed E-state index contributed by atoms with van der Waals surface area (Å²) in [5.41, 5.74) is 1.63. The van der Waals surface area contributed by atoms with Crippen molar-refractivity contribution in [3.8, 4) is 22.1 Å². The van der Waals surface area contributed by atoms with Crippen LogP contribution in [-0.2, 0) is 11.3 Å². The van der Waals surface area contributed by atoms with Gasteiger partial charge in [0.1, 0.15) is 11.6 Å². The van der Waals surface area contributed by atoms with E-state index in [4.69, 9.17) is 4.74 Å². The topological polar surface area (TPSA) is 69.0 Å². The predicted molar refractivity (Wildman–Crippen MR) is 120 cm³/mol. The van der Waals surface area contributed by atoms with Gasteiger partial charge in [0.25, 0.3) is 0 Å². The zero-order chi connectivity index (χ0) is 21.6. The number of hydrogen-bond acceptors (Lipinski definition) is 6. The summed E-state index contributed by atoms with van der Waals surface area (Å²) in [5.74, 6) is 1.08. The third-order valence-electron chi connectivity index (χ3n) is 4.44. The van der Waals surface area contributed by atoms with Crippen molar-refractivity contribution < 1.29 is 13.9 Å². The minimum absolute atomic E-state index is 0.151. The maximum absolute atomic E-state index is 13.0. The molecule has 4 aromatic rings. The number of nitrogens with one attached hydrogen (secondary N) is 1. The molecule has 0 spiro atoms. The van der Waals surface area contributed by atoms with E-state index in [0.717, 1.165) is 16.1 Å². The molecule has 158 valence electrons. The third-order valence-corrected chi connectivity index (χ3v) is 6.23. The van der Waals surface area contributed by atoms with Crippen molar-refractivity contribution >= 4 is 29.0 Å². The summed E-state index contributed by atoms with van der Waals surface area (Å²) in [6.07, 6.45) is 0. The maximum Gasteiger partial charge on any atom is 0.230 e. The molecule has 0 bridgehead atoms. The molecule has 0 aliphatic rings. The molecule has 2 aromatic carbocycles. The van der Waals surface area contributed by atoms with Crippen molar-refractivity contribution in [2.45, 2.75) is 11.7 Å². The SMILES string of the molecule is COc1ccccc1-n1c(SCC(=O)NCc2ccc(F)cc2)nnc1-c1cccs1. The van der Waals surface area contributed by atoms with Crippen molar-refractivity contribution in [1.82, 2.24) is 20.1 Å². The van der Waals surface area contributed by atoms with Gasteiger partial charge in [-0.2, -0.15) is 0 Å². The van der Waals surface area contributed by atoms with E-state index in [9.17, 15) is 9.18 Å². The lowest BCUT2D eigenvalue weighted by Gasteiger charge is -2.13. The molecule has 0 saturated heterocycles. The lowest BCUT2D eigenvalue weighted by Crippen LogP contribution is -2.24. The Morgan fingerprint density at radius 2 is 1.94 bits per heavy atom. The fourth-order valence-corrected chi connectivity index (χ4v) is 4.42. The highest BCUT2D eigenvalue weighted by Crippen LogP contribution is 2.33. The van der Waals surface area contributed by atoms with Crippen LogP contribution in [0.1, 0.15) is 5.56 Å². The minimum atomic E-state index is -0.303. The number of carbonyl (C=O) groups is 1. The van der Waals surface area contributed by atoms with Crippen LogP contribution in [-0.4, -0.2) is 33.5 Å². The third kappa shape index (κ3) is 4.95. The summed E-state index contributed by atoms with van der Waals surface area (Å²) in [7, 11) is 1.61. The van der Waals surface area contributed by atoms with Crippen LogP contribution in [0.2, 0.25) is 0 Å². The molecule has 31 heavy (non-hydrogen) atoms. The second-order valence-corrected chi connectivity index (χ2v) is 8.37. The Bertz CT molecular complexity index is 1160. The zero-order valence-corrected chi connectivity index (χ0v) is 18.3. The molecule has 9 heteroatoms. The van der Waals surface area contributed by atoms with Gasteiger partial charge in [-0.05, 0) is 41.3 Å². The number of aromatic nitrogens is 3. The molecule has 0 aliphatic heterocycles. The molecular formula is C22H19FN4O2S2. The molecule has 1 N–H and O–H groups in total. The van der Waals surface area contributed by atoms with E-state index < -0.39 is 0 Å². The van der Waals surface area contributed by atoms with Gasteiger partial charge in [0.2, 0.25) is 5.91 Å². The largest absolute Gasteiger partial charge is 0.495 e. The van der Waals surface area contributed by atoms with Gasteiger partial charge in [0.15, 0.2) is 11.0 Å². The van der Waals surface area contributed by atoms with E-state index in [2.05, 4.69) is 15.5 Å². The predicted octanol–water partition coefficient (Wildman–Crippen LogP) is 4.55. The van der Waals surface area contributed by atoms with Gasteiger partial charge in [0, 0.05) is 6.54 Å². The first-order chi connectivity index (χ1) is 15.2. The molecule has 2 heterocycles. The Morgan fingerprint density at radius 3 is 2.68 bits per heavy atom. The maximum atomic E-state index is 13.0. The van der Waals surface area contributed by atoms with Crippen LogP contribution < -0.4 is 10.1 Å². The second kappa shape index (κ2) is 9.76. The van der Waals surface area contributed by atoms with E-state index in [-0.39, 0.29) is 17.5 Å². The van der Waals surface area contributed by atoms with Gasteiger partial charge in [-0.15, -0.1) is 21.5 Å². The quantitative estimate of drug-likeness (QED) is 0.396. The molecular weight excluding hydrogens is 435 g/mol. The number of rotatable bonds is 8. The van der Waals surface area contributed by atoms with Crippen molar-refractivity contribution in [2.75, 3.05) is 12.9 Å². The molecule has 0 unspecified atom stereocenters. The van der Waals surface area contributed by atoms with Gasteiger partial charge in [-0.3, -0.25) is 9.36 Å². The Morgan fingerprint density at radius 1 is 1.13 bits per heavy atom. The molecule has 0 fully saturated rings. The molecule has 2 aromatic heterocycles. The highest BCUT2D eigenvalue weighted by molar-refractivity contribution is 7.99. The molecule has 1 amide bonds. The summed E-state index contributed by atoms with van der Waals surface area (Å²) in [6.45, 7) is 0.333. The van der Waals surface area contributed by atoms with E-state index in [1.165, 1.54) is 23.9 Å². The van der Waals surface area contributed by atoms with E-state index in [1.807, 2.05) is 46.3 Å². The lowest BCUT2D eigenvalue weighted by molar-refractivity contribution is -0.118. The van der Waals surface area contributed by atoms with E-state index in [0.29, 0.717) is 23.3 Å². The number of carbonyl (C=O) groups excluding carboxylic acids is 1. The Balaban J connectivity index is 1.53. The van der Waals surface area contributed by atoms with Crippen LogP contribution in [0.5, 0.6) is 5.75 Å². The number of hydrogen-bond donors (Lipinski definition) is 1. The first-order valence-corrected chi connectivity index (χ1v) is 11.3. The van der Waals surface area contributed by atoms with E-state index >= 15 is 0 Å². The molecule has 6 nitrogen and oxygen atoms in total. The normalized spacial score (nSPS) is 10.8. The number of nitrogens with zero attached hydrogens (tertiary/aromatic N) is 3. The summed E-state index contributed by atoms with van der Waals surface area (Å²) in [5, 5.41) is 14.1. The lowest BCUT2D eigenvalue weighted by atomic mass is 10.2. The number of benzene rings is 2. The number of ether oxygens (including phenoxy) is 1. The Kier molecular flexibility index (Phi) is 6.63. The number of para-hydroxylation sites is 2. The van der Waals surface area contributed by atoms with Gasteiger partial charge in [-0.25, -0.2) is 4.39 Å². The average Bonchev–Trinajstić information content (AvgIpc) is 3.47. The summed E-state index contributed by atoms with van der Waals surface area (Å²) < 4.78 is 20.5. The summed E-state index contributed by atoms with van der Waals surface area (Å²) in [4.78, 5) is 13.3. The van der Waals surface area contributed by atoms with Crippen LogP contribution >= 0.6 is 23.1 Å². The van der Waals surface area contributed by atoms with Crippen LogP contribution in [0.25, 0.3) is 16.4 Å². The number of halogens is 1. The van der Waals surface area contributed by atoms with Crippen molar-refractivity contribution in [3.05, 3.63) is 77.4 Å². The van der Waals surface area contributed by atoms with Crippen molar-refractivity contribution in [1.29, 1.82) is 0 Å². The summed E-state index contributed by atoms with van der Waals surface area (Å²) in [6, 6.07) is 17.6. The van der Waals surface area contributed by atoms with Crippen molar-refractivity contribution in [3.63, 3.8) is 0 Å². The molecule has 0 aliphatic carbocycles. The molecule has 4 rings (SSSR count). The molecule has 0 atom stereocenters. The van der Waals surface area contributed by atoms with Gasteiger partial charge >= 0.3 is 0 Å². The smallest absolute Gasteiger partial charge is 0.230 e. The zero-order valence-electron chi connectivity index (χ0n) is 16.6. The van der Waals surface area contributed by atoms with Crippen LogP contribution in [0.4, 0.5) is 4.39 Å². The minimum Gasteiger partial charge on any atom is -0.495 e. The molecule has 0 saturated carbocycles. The second-order valence-electron chi connectivity index (χ2n) is 6.48. The first-order valence-electron chi connectivity index (χ1n) is 9.42. The summed E-state index contributed by atoms with van der Waals surface area (Å²) >= 11 is 2.85. The fourth-order valence-electron chi connectivity index (χ4n) is 2.94. The number of amides is 1. The Hall–Kier alpha value is -3.17. The van der Waals surface area contributed by atoms with Crippen molar-refractivity contribution in [2.24, 2.45) is 0 Å². The molecule has 0 radical (unpaired) electrons. The number of thioether (sulfide) groups is 1. The average molecular weight is 455 g/mol. The highest BCUT2D eigenvalue weighted by atomic mass is 32.2. The van der Waals surface area contributed by atoms with Crippen LogP contribution in [0.15, 0.2) is 71.2 Å². The fraction of sp³-hybridized carbons (Fsp3) is 0.136. The van der Waals surface area contributed by atoms with Gasteiger partial charge < -0.3 is 10.1 Å². The van der Waals surface area contributed by atoms with Crippen LogP contribution in [0, 0.1) is 5.82 Å². The standard InChI is InChI=1S/C22H19FN4O2S2/c1-29-18-6-3-2-5-17(18)27-21(19-7-4-12-30-19)25-26-22(27)31-14-20(28)24-13-15-8-10-16(23)11-9-15/h2-12H,13-14H2,1H3,(H,24,28). The monoisotopic (exact) mass is 454 g/mol. The number of methoxy groups -OCH3 is 1. The van der Waals surface area contributed by atoms with Crippen LogP contribution in [0.3, 0.4) is 0 Å².